The predicted octanol–water partition coefficient (Wildman–Crippen LogP) is 5.38. The minimum Gasteiger partial charge on any atom is -0.495 e. The van der Waals surface area contributed by atoms with E-state index in [9.17, 15) is 9.59 Å². The number of hydrogen-bond donors (Lipinski definition) is 1. The molecule has 0 aliphatic carbocycles. The van der Waals surface area contributed by atoms with E-state index >= 15 is 0 Å². The van der Waals surface area contributed by atoms with Crippen molar-refractivity contribution < 1.29 is 9.53 Å². The van der Waals surface area contributed by atoms with Crippen molar-refractivity contribution in [2.45, 2.75) is 37.6 Å². The maximum absolute atomic E-state index is 13.5. The summed E-state index contributed by atoms with van der Waals surface area (Å²) in [4.78, 5) is 31.3. The van der Waals surface area contributed by atoms with Gasteiger partial charge in [0.2, 0.25) is 5.91 Å². The first-order valence-electron chi connectivity index (χ1n) is 11.1. The zero-order chi connectivity index (χ0) is 24.2. The van der Waals surface area contributed by atoms with Gasteiger partial charge in [-0.2, -0.15) is 0 Å². The number of anilines is 1. The summed E-state index contributed by atoms with van der Waals surface area (Å²) in [6.45, 7) is 5.84. The summed E-state index contributed by atoms with van der Waals surface area (Å²) in [6, 6.07) is 20.7. The second kappa shape index (κ2) is 10.1. The summed E-state index contributed by atoms with van der Waals surface area (Å²) in [7, 11) is 1.57. The SMILES string of the molecule is CCc1ccc(-n2c(SC(C)C(=O)Nc3cc(C)ccc3OC)nc3ccccc3c2=O)cc1. The third-order valence-electron chi connectivity index (χ3n) is 5.61. The number of methoxy groups -OCH3 is 1. The van der Waals surface area contributed by atoms with Crippen LogP contribution >= 0.6 is 11.8 Å². The average molecular weight is 474 g/mol. The number of nitrogens with one attached hydrogen (secondary N) is 1. The maximum Gasteiger partial charge on any atom is 0.266 e. The van der Waals surface area contributed by atoms with Crippen molar-refractivity contribution in [2.75, 3.05) is 12.4 Å². The van der Waals surface area contributed by atoms with E-state index in [0.717, 1.165) is 17.7 Å². The number of aromatic nitrogens is 2. The number of carbonyl (C=O) groups excluding carboxylic acids is 1. The van der Waals surface area contributed by atoms with E-state index in [1.54, 1.807) is 24.7 Å². The van der Waals surface area contributed by atoms with E-state index in [4.69, 9.17) is 9.72 Å². The molecule has 6 nitrogen and oxygen atoms in total. The van der Waals surface area contributed by atoms with Gasteiger partial charge in [-0.1, -0.05) is 49.0 Å². The molecule has 0 bridgehead atoms. The van der Waals surface area contributed by atoms with Gasteiger partial charge >= 0.3 is 0 Å². The van der Waals surface area contributed by atoms with Crippen LogP contribution in [-0.2, 0) is 11.2 Å². The predicted molar refractivity (Wildman–Crippen MR) is 138 cm³/mol. The van der Waals surface area contributed by atoms with E-state index in [0.29, 0.717) is 27.5 Å². The Morgan fingerprint density at radius 2 is 1.85 bits per heavy atom. The second-order valence-corrected chi connectivity index (χ2v) is 9.33. The highest BCUT2D eigenvalue weighted by molar-refractivity contribution is 8.00. The standard InChI is InChI=1S/C27H27N3O3S/c1-5-19-11-13-20(14-12-19)30-26(32)21-8-6-7-9-22(21)29-27(30)34-18(3)25(31)28-23-16-17(2)10-15-24(23)33-4/h6-16,18H,5H2,1-4H3,(H,28,31). The van der Waals surface area contributed by atoms with Crippen molar-refractivity contribution >= 4 is 34.3 Å². The lowest BCUT2D eigenvalue weighted by molar-refractivity contribution is -0.115. The monoisotopic (exact) mass is 473 g/mol. The molecule has 174 valence electrons. The molecule has 0 saturated carbocycles. The zero-order valence-corrected chi connectivity index (χ0v) is 20.5. The van der Waals surface area contributed by atoms with Gasteiger partial charge in [0, 0.05) is 0 Å². The molecule has 34 heavy (non-hydrogen) atoms. The Hall–Kier alpha value is -3.58. The molecule has 0 saturated heterocycles. The van der Waals surface area contributed by atoms with E-state index in [1.807, 2.05) is 67.6 Å². The number of rotatable bonds is 7. The van der Waals surface area contributed by atoms with Crippen molar-refractivity contribution in [1.82, 2.24) is 9.55 Å². The Morgan fingerprint density at radius 3 is 2.56 bits per heavy atom. The third kappa shape index (κ3) is 4.84. The quantitative estimate of drug-likeness (QED) is 0.288. The summed E-state index contributed by atoms with van der Waals surface area (Å²) in [5, 5.41) is 3.43. The van der Waals surface area contributed by atoms with Crippen LogP contribution in [0.3, 0.4) is 0 Å². The minimum absolute atomic E-state index is 0.162. The Kier molecular flexibility index (Phi) is 7.03. The maximum atomic E-state index is 13.5. The summed E-state index contributed by atoms with van der Waals surface area (Å²) >= 11 is 1.25. The Labute approximate surface area is 203 Å². The fraction of sp³-hybridized carbons (Fsp3) is 0.222. The molecule has 4 rings (SSSR count). The van der Waals surface area contributed by atoms with Gasteiger partial charge in [-0.05, 0) is 67.8 Å². The van der Waals surface area contributed by atoms with Gasteiger partial charge in [-0.3, -0.25) is 14.2 Å². The molecule has 0 spiro atoms. The lowest BCUT2D eigenvalue weighted by atomic mass is 10.1. The van der Waals surface area contributed by atoms with Crippen molar-refractivity contribution in [2.24, 2.45) is 0 Å². The Bertz CT molecular complexity index is 1400. The first-order chi connectivity index (χ1) is 16.4. The third-order valence-corrected chi connectivity index (χ3v) is 6.66. The molecule has 1 atom stereocenters. The molecule has 7 heteroatoms. The topological polar surface area (TPSA) is 73.2 Å². The van der Waals surface area contributed by atoms with Crippen LogP contribution < -0.4 is 15.6 Å². The van der Waals surface area contributed by atoms with Crippen LogP contribution in [0, 0.1) is 6.92 Å². The highest BCUT2D eigenvalue weighted by atomic mass is 32.2. The van der Waals surface area contributed by atoms with Crippen molar-refractivity contribution in [1.29, 1.82) is 0 Å². The molecule has 4 aromatic rings. The number of para-hydroxylation sites is 1. The van der Waals surface area contributed by atoms with Gasteiger partial charge in [-0.25, -0.2) is 4.98 Å². The Balaban J connectivity index is 1.71. The summed E-state index contributed by atoms with van der Waals surface area (Å²) in [5.74, 6) is 0.386. The van der Waals surface area contributed by atoms with Crippen LogP contribution in [-0.4, -0.2) is 27.8 Å². The first kappa shape index (κ1) is 23.6. The molecule has 3 aromatic carbocycles. The fourth-order valence-corrected chi connectivity index (χ4v) is 4.59. The van der Waals surface area contributed by atoms with Crippen LogP contribution in [0.25, 0.3) is 16.6 Å². The van der Waals surface area contributed by atoms with Crippen LogP contribution in [0.2, 0.25) is 0 Å². The van der Waals surface area contributed by atoms with E-state index in [2.05, 4.69) is 12.2 Å². The molecule has 1 N–H and O–H groups in total. The summed E-state index contributed by atoms with van der Waals surface area (Å²) < 4.78 is 6.97. The van der Waals surface area contributed by atoms with Crippen LogP contribution in [0.1, 0.15) is 25.0 Å². The molecule has 1 aromatic heterocycles. The normalized spacial score (nSPS) is 11.9. The average Bonchev–Trinajstić information content (AvgIpc) is 2.84. The number of carbonyl (C=O) groups is 1. The van der Waals surface area contributed by atoms with Crippen LogP contribution in [0.5, 0.6) is 5.75 Å². The van der Waals surface area contributed by atoms with Gasteiger partial charge in [0.15, 0.2) is 5.16 Å². The van der Waals surface area contributed by atoms with Crippen LogP contribution in [0.15, 0.2) is 76.7 Å². The largest absolute Gasteiger partial charge is 0.495 e. The van der Waals surface area contributed by atoms with Gasteiger partial charge in [0.05, 0.1) is 34.6 Å². The fourth-order valence-electron chi connectivity index (χ4n) is 3.67. The van der Waals surface area contributed by atoms with Gasteiger partial charge in [0.25, 0.3) is 5.56 Å². The smallest absolute Gasteiger partial charge is 0.266 e. The lowest BCUT2D eigenvalue weighted by Gasteiger charge is -2.17. The molecular formula is C27H27N3O3S. The van der Waals surface area contributed by atoms with Crippen molar-refractivity contribution in [3.05, 3.63) is 88.2 Å². The number of hydrogen-bond acceptors (Lipinski definition) is 5. The number of amides is 1. The highest BCUT2D eigenvalue weighted by Crippen LogP contribution is 2.29. The number of fused-ring (bicyclic) bond motifs is 1. The lowest BCUT2D eigenvalue weighted by Crippen LogP contribution is -2.26. The minimum atomic E-state index is -0.514. The molecule has 1 heterocycles. The van der Waals surface area contributed by atoms with E-state index in [1.165, 1.54) is 17.3 Å². The number of thioether (sulfide) groups is 1. The zero-order valence-electron chi connectivity index (χ0n) is 19.7. The first-order valence-corrected chi connectivity index (χ1v) is 12.0. The number of benzene rings is 3. The van der Waals surface area contributed by atoms with Gasteiger partial charge in [-0.15, -0.1) is 0 Å². The van der Waals surface area contributed by atoms with E-state index in [-0.39, 0.29) is 11.5 Å². The molecular weight excluding hydrogens is 446 g/mol. The molecule has 1 unspecified atom stereocenters. The molecule has 0 radical (unpaired) electrons. The van der Waals surface area contributed by atoms with E-state index < -0.39 is 5.25 Å². The molecule has 0 aliphatic rings. The number of ether oxygens (including phenoxy) is 1. The number of nitrogens with zero attached hydrogens (tertiary/aromatic N) is 2. The Morgan fingerprint density at radius 1 is 1.12 bits per heavy atom. The molecule has 0 fully saturated rings. The van der Waals surface area contributed by atoms with Crippen molar-refractivity contribution in [3.8, 4) is 11.4 Å². The van der Waals surface area contributed by atoms with Crippen molar-refractivity contribution in [3.63, 3.8) is 0 Å². The molecule has 1 amide bonds. The summed E-state index contributed by atoms with van der Waals surface area (Å²) in [5.41, 5.74) is 3.96. The number of aryl methyl sites for hydroxylation is 2. The van der Waals surface area contributed by atoms with Crippen LogP contribution in [0.4, 0.5) is 5.69 Å². The van der Waals surface area contributed by atoms with Gasteiger partial charge < -0.3 is 10.1 Å². The second-order valence-electron chi connectivity index (χ2n) is 8.03. The van der Waals surface area contributed by atoms with Gasteiger partial charge in [0.1, 0.15) is 5.75 Å². The molecule has 0 aliphatic heterocycles. The highest BCUT2D eigenvalue weighted by Gasteiger charge is 2.21. The summed E-state index contributed by atoms with van der Waals surface area (Å²) in [6.07, 6.45) is 0.909.